The molecule has 1 nitrogen and oxygen atoms in total. The van der Waals surface area contributed by atoms with Gasteiger partial charge in [0.15, 0.2) is 13.2 Å². The highest BCUT2D eigenvalue weighted by atomic mass is 31.2. The van der Waals surface area contributed by atoms with E-state index in [0.717, 1.165) is 5.75 Å². The van der Waals surface area contributed by atoms with Crippen molar-refractivity contribution in [2.45, 2.75) is 20.8 Å². The third-order valence-electron chi connectivity index (χ3n) is 2.77. The SMILES string of the molecule is CC[P+](CC)(CC)Oc1ccccc1. The maximum atomic E-state index is 6.16. The lowest BCUT2D eigenvalue weighted by Crippen LogP contribution is -2.09. The van der Waals surface area contributed by atoms with Crippen LogP contribution >= 0.6 is 7.49 Å². The van der Waals surface area contributed by atoms with Gasteiger partial charge in [-0.1, -0.05) is 18.2 Å². The molecule has 0 aliphatic carbocycles. The molecule has 0 aliphatic heterocycles. The van der Waals surface area contributed by atoms with Gasteiger partial charge in [0.25, 0.3) is 0 Å². The van der Waals surface area contributed by atoms with Crippen LogP contribution in [0, 0.1) is 0 Å². The van der Waals surface area contributed by atoms with Crippen LogP contribution in [0.4, 0.5) is 0 Å². The van der Waals surface area contributed by atoms with Crippen LogP contribution in [0.5, 0.6) is 5.75 Å². The Morgan fingerprint density at radius 3 is 1.86 bits per heavy atom. The quantitative estimate of drug-likeness (QED) is 0.667. The summed E-state index contributed by atoms with van der Waals surface area (Å²) in [6.07, 6.45) is 3.53. The highest BCUT2D eigenvalue weighted by molar-refractivity contribution is 7.71. The summed E-state index contributed by atoms with van der Waals surface area (Å²) in [6, 6.07) is 10.2. The smallest absolute Gasteiger partial charge is 0.190 e. The second-order valence-corrected chi connectivity index (χ2v) is 7.61. The van der Waals surface area contributed by atoms with Gasteiger partial charge in [0.2, 0.25) is 0 Å². The van der Waals surface area contributed by atoms with Gasteiger partial charge in [-0.25, -0.2) is 0 Å². The predicted molar refractivity (Wildman–Crippen MR) is 65.6 cm³/mol. The van der Waals surface area contributed by atoms with Crippen molar-refractivity contribution < 1.29 is 4.52 Å². The van der Waals surface area contributed by atoms with Gasteiger partial charge in [-0.05, 0) is 32.9 Å². The second-order valence-electron chi connectivity index (χ2n) is 3.41. The van der Waals surface area contributed by atoms with E-state index in [1.807, 2.05) is 18.2 Å². The van der Waals surface area contributed by atoms with Crippen molar-refractivity contribution in [2.75, 3.05) is 18.5 Å². The van der Waals surface area contributed by atoms with E-state index < -0.39 is 7.49 Å². The molecule has 0 atom stereocenters. The molecule has 1 aromatic rings. The van der Waals surface area contributed by atoms with Crippen LogP contribution in [-0.4, -0.2) is 18.5 Å². The fourth-order valence-corrected chi connectivity index (χ4v) is 3.87. The molecule has 0 aliphatic rings. The lowest BCUT2D eigenvalue weighted by atomic mass is 10.3. The highest BCUT2D eigenvalue weighted by Gasteiger charge is 2.34. The topological polar surface area (TPSA) is 9.23 Å². The van der Waals surface area contributed by atoms with E-state index in [0.29, 0.717) is 0 Å². The monoisotopic (exact) mass is 211 g/mol. The van der Waals surface area contributed by atoms with E-state index in [9.17, 15) is 0 Å². The molecule has 0 fully saturated rings. The summed E-state index contributed by atoms with van der Waals surface area (Å²) in [4.78, 5) is 0. The number of benzene rings is 1. The summed E-state index contributed by atoms with van der Waals surface area (Å²) < 4.78 is 6.16. The summed E-state index contributed by atoms with van der Waals surface area (Å²) in [5, 5.41) is 0. The van der Waals surface area contributed by atoms with Crippen LogP contribution < -0.4 is 4.52 Å². The normalized spacial score (nSPS) is 11.4. The van der Waals surface area contributed by atoms with E-state index in [4.69, 9.17) is 4.52 Å². The van der Waals surface area contributed by atoms with Gasteiger partial charge in [-0.3, -0.25) is 0 Å². The molecule has 0 amide bonds. The van der Waals surface area contributed by atoms with Crippen LogP contribution in [0.1, 0.15) is 20.8 Å². The molecule has 0 heterocycles. The molecule has 0 spiro atoms. The average Bonchev–Trinajstić information content (AvgIpc) is 2.28. The third kappa shape index (κ3) is 2.72. The molecule has 0 unspecified atom stereocenters. The molecule has 1 rings (SSSR count). The van der Waals surface area contributed by atoms with Crippen molar-refractivity contribution in [1.82, 2.24) is 0 Å². The van der Waals surface area contributed by atoms with Crippen LogP contribution in [0.2, 0.25) is 0 Å². The Kier molecular flexibility index (Phi) is 4.41. The van der Waals surface area contributed by atoms with Crippen molar-refractivity contribution in [3.8, 4) is 5.75 Å². The van der Waals surface area contributed by atoms with Crippen LogP contribution in [0.15, 0.2) is 30.3 Å². The van der Waals surface area contributed by atoms with Crippen molar-refractivity contribution in [3.05, 3.63) is 30.3 Å². The van der Waals surface area contributed by atoms with E-state index in [2.05, 4.69) is 32.9 Å². The first-order valence-electron chi connectivity index (χ1n) is 5.37. The molecular formula is C12H20OP+. The van der Waals surface area contributed by atoms with Crippen molar-refractivity contribution in [3.63, 3.8) is 0 Å². The second kappa shape index (κ2) is 5.36. The summed E-state index contributed by atoms with van der Waals surface area (Å²) in [7, 11) is -1.16. The molecule has 2 heteroatoms. The van der Waals surface area contributed by atoms with Gasteiger partial charge < -0.3 is 4.52 Å². The minimum absolute atomic E-state index is 1.03. The lowest BCUT2D eigenvalue weighted by Gasteiger charge is -2.22. The molecule has 0 radical (unpaired) electrons. The van der Waals surface area contributed by atoms with Crippen LogP contribution in [0.25, 0.3) is 0 Å². The number of hydrogen-bond acceptors (Lipinski definition) is 1. The fourth-order valence-electron chi connectivity index (χ4n) is 1.57. The Morgan fingerprint density at radius 2 is 1.43 bits per heavy atom. The van der Waals surface area contributed by atoms with Crippen LogP contribution in [0.3, 0.4) is 0 Å². The average molecular weight is 211 g/mol. The largest absolute Gasteiger partial charge is 0.351 e. The minimum atomic E-state index is -1.16. The zero-order valence-corrected chi connectivity index (χ0v) is 10.3. The van der Waals surface area contributed by atoms with Gasteiger partial charge >= 0.3 is 0 Å². The number of para-hydroxylation sites is 1. The molecule has 1 aromatic carbocycles. The van der Waals surface area contributed by atoms with E-state index in [1.165, 1.54) is 18.5 Å². The van der Waals surface area contributed by atoms with Crippen molar-refractivity contribution in [1.29, 1.82) is 0 Å². The molecule has 78 valence electrons. The number of rotatable bonds is 5. The Balaban J connectivity index is 2.74. The first-order valence-corrected chi connectivity index (χ1v) is 7.63. The van der Waals surface area contributed by atoms with Crippen LogP contribution in [-0.2, 0) is 0 Å². The van der Waals surface area contributed by atoms with E-state index in [1.54, 1.807) is 0 Å². The van der Waals surface area contributed by atoms with Gasteiger partial charge in [0, 0.05) is 0 Å². The molecule has 14 heavy (non-hydrogen) atoms. The molecule has 0 aromatic heterocycles. The Labute approximate surface area is 87.9 Å². The minimum Gasteiger partial charge on any atom is -0.351 e. The van der Waals surface area contributed by atoms with E-state index in [-0.39, 0.29) is 0 Å². The van der Waals surface area contributed by atoms with E-state index >= 15 is 0 Å². The summed E-state index contributed by atoms with van der Waals surface area (Å²) in [5.74, 6) is 1.03. The standard InChI is InChI=1S/C12H20OP/c1-4-14(5-2,6-3)13-12-10-8-7-9-11-12/h7-11H,4-6H2,1-3H3/q+1. The maximum absolute atomic E-state index is 6.16. The summed E-state index contributed by atoms with van der Waals surface area (Å²) in [5.41, 5.74) is 0. The van der Waals surface area contributed by atoms with Gasteiger partial charge in [-0.2, -0.15) is 0 Å². The third-order valence-corrected chi connectivity index (χ3v) is 6.83. The highest BCUT2D eigenvalue weighted by Crippen LogP contribution is 2.58. The molecule has 0 saturated carbocycles. The molecule has 0 N–H and O–H groups in total. The van der Waals surface area contributed by atoms with Gasteiger partial charge in [0.05, 0.1) is 18.5 Å². The fraction of sp³-hybridized carbons (Fsp3) is 0.500. The van der Waals surface area contributed by atoms with Crippen molar-refractivity contribution in [2.24, 2.45) is 0 Å². The zero-order chi connectivity index (χ0) is 10.4. The lowest BCUT2D eigenvalue weighted by molar-refractivity contribution is 0.593. The van der Waals surface area contributed by atoms with Gasteiger partial charge in [0.1, 0.15) is 0 Å². The van der Waals surface area contributed by atoms with Crippen molar-refractivity contribution >= 4 is 7.49 Å². The summed E-state index contributed by atoms with van der Waals surface area (Å²) >= 11 is 0. The number of hydrogen-bond donors (Lipinski definition) is 0. The first kappa shape index (κ1) is 11.5. The molecular weight excluding hydrogens is 191 g/mol. The first-order chi connectivity index (χ1) is 6.76. The molecule has 0 bridgehead atoms. The Hall–Kier alpha value is -0.550. The molecule has 0 saturated heterocycles. The Morgan fingerprint density at radius 1 is 0.929 bits per heavy atom. The Bertz CT molecular complexity index is 246. The zero-order valence-electron chi connectivity index (χ0n) is 9.36. The predicted octanol–water partition coefficient (Wildman–Crippen LogP) is 4.06. The van der Waals surface area contributed by atoms with Gasteiger partial charge in [-0.15, -0.1) is 0 Å². The summed E-state index contributed by atoms with van der Waals surface area (Å²) in [6.45, 7) is 6.72. The maximum Gasteiger partial charge on any atom is 0.190 e.